The van der Waals surface area contributed by atoms with Gasteiger partial charge in [0.2, 0.25) is 0 Å². The molecule has 0 amide bonds. The first-order chi connectivity index (χ1) is 24.6. The van der Waals surface area contributed by atoms with Crippen molar-refractivity contribution in [3.63, 3.8) is 0 Å². The Morgan fingerprint density at radius 3 is 1.75 bits per heavy atom. The van der Waals surface area contributed by atoms with Crippen molar-refractivity contribution in [3.8, 4) is 22.3 Å². The summed E-state index contributed by atoms with van der Waals surface area (Å²) in [6, 6.07) is 43.4. The molecule has 2 aliphatic rings. The van der Waals surface area contributed by atoms with Gasteiger partial charge in [-0.05, 0) is 103 Å². The lowest BCUT2D eigenvalue weighted by Crippen LogP contribution is -2.17. The van der Waals surface area contributed by atoms with E-state index in [4.69, 9.17) is 4.42 Å². The Labute approximate surface area is 309 Å². The molecule has 0 unspecified atom stereocenters. The Morgan fingerprint density at radius 2 is 1.08 bits per heavy atom. The van der Waals surface area contributed by atoms with Crippen LogP contribution in [0.3, 0.4) is 0 Å². The zero-order chi connectivity index (χ0) is 36.5. The molecule has 0 saturated carbocycles. The third kappa shape index (κ3) is 4.62. The summed E-state index contributed by atoms with van der Waals surface area (Å²) in [7, 11) is 0. The van der Waals surface area contributed by atoms with Crippen LogP contribution < -0.4 is 4.90 Å². The van der Waals surface area contributed by atoms with Gasteiger partial charge in [0.1, 0.15) is 5.58 Å². The summed E-state index contributed by atoms with van der Waals surface area (Å²) in [5, 5.41) is 2.37. The van der Waals surface area contributed by atoms with Crippen LogP contribution in [0.5, 0.6) is 0 Å². The van der Waals surface area contributed by atoms with E-state index in [1.165, 1.54) is 61.0 Å². The van der Waals surface area contributed by atoms with Crippen molar-refractivity contribution < 1.29 is 4.42 Å². The van der Waals surface area contributed by atoms with Crippen molar-refractivity contribution in [2.45, 2.75) is 90.9 Å². The summed E-state index contributed by atoms with van der Waals surface area (Å²) in [6.45, 7) is 23.2. The summed E-state index contributed by atoms with van der Waals surface area (Å²) in [4.78, 5) is 2.44. The van der Waals surface area contributed by atoms with Crippen molar-refractivity contribution in [3.05, 3.63) is 149 Å². The Kier molecular flexibility index (Phi) is 6.77. The van der Waals surface area contributed by atoms with Gasteiger partial charge in [0.15, 0.2) is 5.58 Å². The lowest BCUT2D eigenvalue weighted by molar-refractivity contribution is 0.569. The van der Waals surface area contributed by atoms with Gasteiger partial charge in [0.05, 0.1) is 5.69 Å². The van der Waals surface area contributed by atoms with Gasteiger partial charge in [-0.25, -0.2) is 0 Å². The monoisotopic (exact) mass is 679 g/mol. The van der Waals surface area contributed by atoms with Crippen LogP contribution in [0.1, 0.15) is 103 Å². The number of para-hydroxylation sites is 1. The number of benzene rings is 6. The second kappa shape index (κ2) is 10.7. The third-order valence-electron chi connectivity index (χ3n) is 12.1. The highest BCUT2D eigenvalue weighted by Crippen LogP contribution is 2.54. The summed E-state index contributed by atoms with van der Waals surface area (Å²) >= 11 is 0. The van der Waals surface area contributed by atoms with E-state index in [2.05, 4.69) is 189 Å². The predicted molar refractivity (Wildman–Crippen MR) is 221 cm³/mol. The van der Waals surface area contributed by atoms with Gasteiger partial charge < -0.3 is 9.32 Å². The van der Waals surface area contributed by atoms with Crippen molar-refractivity contribution >= 4 is 39.0 Å². The Hall–Kier alpha value is -5.08. The van der Waals surface area contributed by atoms with Crippen molar-refractivity contribution in [1.29, 1.82) is 0 Å². The second-order valence-electron chi connectivity index (χ2n) is 18.3. The minimum absolute atomic E-state index is 0.00862. The zero-order valence-corrected chi connectivity index (χ0v) is 32.3. The van der Waals surface area contributed by atoms with E-state index in [-0.39, 0.29) is 21.7 Å². The van der Waals surface area contributed by atoms with Gasteiger partial charge in [-0.1, -0.05) is 148 Å². The predicted octanol–water partition coefficient (Wildman–Crippen LogP) is 14.3. The Balaban J connectivity index is 1.33. The van der Waals surface area contributed by atoms with E-state index in [1.54, 1.807) is 0 Å². The summed E-state index contributed by atoms with van der Waals surface area (Å²) in [6.07, 6.45) is 0. The Morgan fingerprint density at radius 1 is 0.500 bits per heavy atom. The molecular weight excluding hydrogens is 631 g/mol. The van der Waals surface area contributed by atoms with Crippen molar-refractivity contribution in [1.82, 2.24) is 0 Å². The van der Waals surface area contributed by atoms with E-state index in [0.717, 1.165) is 33.6 Å². The number of fused-ring (bicyclic) bond motifs is 9. The second-order valence-corrected chi connectivity index (χ2v) is 18.3. The summed E-state index contributed by atoms with van der Waals surface area (Å²) in [5.41, 5.74) is 18.3. The molecule has 6 aromatic carbocycles. The van der Waals surface area contributed by atoms with Gasteiger partial charge in [0.25, 0.3) is 0 Å². The molecule has 2 nitrogen and oxygen atoms in total. The summed E-state index contributed by atoms with van der Waals surface area (Å²) < 4.78 is 7.10. The topological polar surface area (TPSA) is 16.4 Å². The van der Waals surface area contributed by atoms with Crippen LogP contribution in [0.15, 0.2) is 120 Å². The van der Waals surface area contributed by atoms with Gasteiger partial charge in [-0.2, -0.15) is 0 Å². The molecule has 0 saturated heterocycles. The smallest absolute Gasteiger partial charge is 0.159 e. The highest BCUT2D eigenvalue weighted by molar-refractivity contribution is 6.12. The van der Waals surface area contributed by atoms with Gasteiger partial charge in [-0.15, -0.1) is 0 Å². The maximum absolute atomic E-state index is 7.10. The third-order valence-corrected chi connectivity index (χ3v) is 12.1. The van der Waals surface area contributed by atoms with Crippen LogP contribution in [0.2, 0.25) is 0 Å². The van der Waals surface area contributed by atoms with Crippen LogP contribution in [-0.4, -0.2) is 0 Å². The number of hydrogen-bond donors (Lipinski definition) is 0. The van der Waals surface area contributed by atoms with Gasteiger partial charge >= 0.3 is 0 Å². The normalized spacial score (nSPS) is 15.4. The average molecular weight is 680 g/mol. The van der Waals surface area contributed by atoms with Crippen molar-refractivity contribution in [2.24, 2.45) is 0 Å². The molecule has 0 atom stereocenters. The van der Waals surface area contributed by atoms with Gasteiger partial charge in [0, 0.05) is 33.0 Å². The maximum atomic E-state index is 7.10. The lowest BCUT2D eigenvalue weighted by atomic mass is 9.79. The van der Waals surface area contributed by atoms with E-state index in [9.17, 15) is 0 Å². The fourth-order valence-electron chi connectivity index (χ4n) is 9.22. The number of rotatable bonds is 3. The molecule has 9 rings (SSSR count). The minimum Gasteiger partial charge on any atom is -0.454 e. The molecule has 2 aliphatic carbocycles. The molecule has 0 radical (unpaired) electrons. The Bertz CT molecular complexity index is 2600. The zero-order valence-electron chi connectivity index (χ0n) is 32.3. The molecule has 0 fully saturated rings. The van der Waals surface area contributed by atoms with Gasteiger partial charge in [-0.3, -0.25) is 0 Å². The largest absolute Gasteiger partial charge is 0.454 e. The molecule has 52 heavy (non-hydrogen) atoms. The first kappa shape index (κ1) is 32.8. The number of anilines is 3. The maximum Gasteiger partial charge on any atom is 0.159 e. The van der Waals surface area contributed by atoms with Crippen LogP contribution >= 0.6 is 0 Å². The molecule has 260 valence electrons. The molecule has 1 heterocycles. The SMILES string of the molecule is CC(C)(C)c1cc(C(C)(C)C)c2c(c1)oc1c(N(c3ccc4c(c3)-c3ccccc3C4(C)C)c3ccc4c(c3)C(C)(C)c3ccccc3-4)cccc12. The molecule has 0 bridgehead atoms. The fraction of sp³-hybridized carbons (Fsp3) is 0.280. The highest BCUT2D eigenvalue weighted by atomic mass is 16.3. The first-order valence-corrected chi connectivity index (χ1v) is 18.9. The molecular formula is C50H49NO. The van der Waals surface area contributed by atoms with Crippen LogP contribution in [-0.2, 0) is 21.7 Å². The molecule has 2 heteroatoms. The molecule has 0 aliphatic heterocycles. The highest BCUT2D eigenvalue weighted by Gasteiger charge is 2.38. The van der Waals surface area contributed by atoms with E-state index in [0.29, 0.717) is 0 Å². The fourth-order valence-corrected chi connectivity index (χ4v) is 9.22. The average Bonchev–Trinajstić information content (AvgIpc) is 3.67. The number of nitrogens with zero attached hydrogens (tertiary/aromatic N) is 1. The number of hydrogen-bond acceptors (Lipinski definition) is 2. The van der Waals surface area contributed by atoms with E-state index < -0.39 is 0 Å². The lowest BCUT2D eigenvalue weighted by Gasteiger charge is -2.29. The number of furan rings is 1. The summed E-state index contributed by atoms with van der Waals surface area (Å²) in [5.74, 6) is 0. The van der Waals surface area contributed by atoms with Crippen LogP contribution in [0.4, 0.5) is 17.1 Å². The van der Waals surface area contributed by atoms with E-state index in [1.807, 2.05) is 0 Å². The molecule has 1 aromatic heterocycles. The first-order valence-electron chi connectivity index (χ1n) is 18.9. The molecule has 7 aromatic rings. The quantitative estimate of drug-likeness (QED) is 0.185. The standard InChI is InChI=1S/C50H49NO/c1-47(2,3)30-26-42(48(4,5)6)45-36-18-15-21-43(46(36)52-44(45)27-30)51(31-23-25-40-37(28-31)34-17-12-14-20-39(34)49(40,7)8)32-22-24-35-33-16-11-13-19-38(33)50(9,10)41(35)29-32/h11-29H,1-10H3. The van der Waals surface area contributed by atoms with Crippen LogP contribution in [0, 0.1) is 0 Å². The molecule has 0 spiro atoms. The van der Waals surface area contributed by atoms with Crippen molar-refractivity contribution in [2.75, 3.05) is 4.90 Å². The van der Waals surface area contributed by atoms with Crippen LogP contribution in [0.25, 0.3) is 44.2 Å². The molecule has 0 N–H and O–H groups in total. The van der Waals surface area contributed by atoms with E-state index >= 15 is 0 Å². The minimum atomic E-state index is -0.120.